The molecule has 0 atom stereocenters. The zero-order chi connectivity index (χ0) is 13.9. The fourth-order valence-corrected chi connectivity index (χ4v) is 2.10. The molecule has 0 fully saturated rings. The molecule has 0 amide bonds. The summed E-state index contributed by atoms with van der Waals surface area (Å²) in [6, 6.07) is 8.74. The molecule has 0 saturated heterocycles. The summed E-state index contributed by atoms with van der Waals surface area (Å²) in [6.07, 6.45) is 2.30. The van der Waals surface area contributed by atoms with Gasteiger partial charge in [-0.1, -0.05) is 31.2 Å². The van der Waals surface area contributed by atoms with Crippen molar-refractivity contribution in [3.63, 3.8) is 0 Å². The van der Waals surface area contributed by atoms with Crippen LogP contribution in [0.4, 0.5) is 0 Å². The van der Waals surface area contributed by atoms with Crippen molar-refractivity contribution in [2.24, 2.45) is 0 Å². The first kappa shape index (κ1) is 16.2. The summed E-state index contributed by atoms with van der Waals surface area (Å²) in [6.45, 7) is 7.12. The van der Waals surface area contributed by atoms with E-state index >= 15 is 0 Å². The minimum atomic E-state index is 0.788. The highest BCUT2D eigenvalue weighted by molar-refractivity contribution is 5.27. The average molecular weight is 264 g/mol. The van der Waals surface area contributed by atoms with Gasteiger partial charge in [0, 0.05) is 20.2 Å². The van der Waals surface area contributed by atoms with Crippen molar-refractivity contribution >= 4 is 0 Å². The summed E-state index contributed by atoms with van der Waals surface area (Å²) in [4.78, 5) is 2.31. The minimum Gasteiger partial charge on any atom is -0.383 e. The van der Waals surface area contributed by atoms with Crippen LogP contribution < -0.4 is 5.32 Å². The zero-order valence-corrected chi connectivity index (χ0v) is 12.6. The molecule has 1 aromatic rings. The summed E-state index contributed by atoms with van der Waals surface area (Å²) in [5.74, 6) is 0. The summed E-state index contributed by atoms with van der Waals surface area (Å²) in [7, 11) is 3.90. The monoisotopic (exact) mass is 264 g/mol. The molecule has 0 aliphatic carbocycles. The maximum Gasteiger partial charge on any atom is 0.0589 e. The number of nitrogens with one attached hydrogen (secondary N) is 1. The Kier molecular flexibility index (Phi) is 8.47. The number of ether oxygens (including phenoxy) is 1. The number of benzene rings is 1. The van der Waals surface area contributed by atoms with Crippen molar-refractivity contribution in [1.82, 2.24) is 10.2 Å². The second kappa shape index (κ2) is 9.96. The minimum absolute atomic E-state index is 0.788. The van der Waals surface area contributed by atoms with Crippen molar-refractivity contribution in [2.75, 3.05) is 40.4 Å². The molecule has 108 valence electrons. The number of methoxy groups -OCH3 is 1. The van der Waals surface area contributed by atoms with Crippen LogP contribution in [0.2, 0.25) is 0 Å². The highest BCUT2D eigenvalue weighted by Gasteiger charge is 2.05. The first-order valence-corrected chi connectivity index (χ1v) is 7.23. The van der Waals surface area contributed by atoms with E-state index in [1.54, 1.807) is 7.11 Å². The van der Waals surface area contributed by atoms with Gasteiger partial charge in [0.2, 0.25) is 0 Å². The third-order valence-corrected chi connectivity index (χ3v) is 3.23. The van der Waals surface area contributed by atoms with E-state index in [1.807, 2.05) is 0 Å². The highest BCUT2D eigenvalue weighted by atomic mass is 16.5. The quantitative estimate of drug-likeness (QED) is 0.656. The van der Waals surface area contributed by atoms with Gasteiger partial charge < -0.3 is 10.1 Å². The van der Waals surface area contributed by atoms with E-state index in [-0.39, 0.29) is 0 Å². The fourth-order valence-electron chi connectivity index (χ4n) is 2.10. The molecule has 3 heteroatoms. The molecule has 0 aliphatic rings. The first-order valence-electron chi connectivity index (χ1n) is 7.23. The van der Waals surface area contributed by atoms with Crippen LogP contribution in [0.25, 0.3) is 0 Å². The number of nitrogens with zero attached hydrogens (tertiary/aromatic N) is 1. The Hall–Kier alpha value is -0.900. The molecule has 0 unspecified atom stereocenters. The van der Waals surface area contributed by atoms with Gasteiger partial charge in [-0.25, -0.2) is 0 Å². The molecule has 0 spiro atoms. The molecule has 0 aliphatic heterocycles. The lowest BCUT2D eigenvalue weighted by Gasteiger charge is -2.18. The van der Waals surface area contributed by atoms with Crippen LogP contribution in [0.3, 0.4) is 0 Å². The summed E-state index contributed by atoms with van der Waals surface area (Å²) < 4.78 is 5.12. The molecule has 0 aromatic heterocycles. The van der Waals surface area contributed by atoms with E-state index in [0.717, 1.165) is 39.2 Å². The zero-order valence-electron chi connectivity index (χ0n) is 12.6. The smallest absolute Gasteiger partial charge is 0.0589 e. The largest absolute Gasteiger partial charge is 0.383 e. The van der Waals surface area contributed by atoms with Crippen molar-refractivity contribution in [2.45, 2.75) is 26.3 Å². The molecule has 0 bridgehead atoms. The molecule has 19 heavy (non-hydrogen) atoms. The van der Waals surface area contributed by atoms with Crippen LogP contribution in [0.5, 0.6) is 0 Å². The van der Waals surface area contributed by atoms with Gasteiger partial charge in [0.05, 0.1) is 6.61 Å². The Labute approximate surface area is 118 Å². The van der Waals surface area contributed by atoms with Gasteiger partial charge in [-0.05, 0) is 44.1 Å². The SMILES string of the molecule is CCCNCCc1ccccc1CN(C)CCOC. The van der Waals surface area contributed by atoms with Crippen molar-refractivity contribution in [1.29, 1.82) is 0 Å². The van der Waals surface area contributed by atoms with Gasteiger partial charge in [-0.3, -0.25) is 4.90 Å². The van der Waals surface area contributed by atoms with Crippen LogP contribution in [0.15, 0.2) is 24.3 Å². The second-order valence-corrected chi connectivity index (χ2v) is 5.00. The van der Waals surface area contributed by atoms with Crippen LogP contribution in [0, 0.1) is 0 Å². The number of hydrogen-bond donors (Lipinski definition) is 1. The Balaban J connectivity index is 2.47. The molecule has 3 nitrogen and oxygen atoms in total. The Bertz CT molecular complexity index is 341. The predicted octanol–water partition coefficient (Wildman–Crippen LogP) is 2.31. The van der Waals surface area contributed by atoms with Gasteiger partial charge in [0.15, 0.2) is 0 Å². The Morgan fingerprint density at radius 3 is 2.58 bits per heavy atom. The highest BCUT2D eigenvalue weighted by Crippen LogP contribution is 2.11. The van der Waals surface area contributed by atoms with E-state index in [9.17, 15) is 0 Å². The van der Waals surface area contributed by atoms with Gasteiger partial charge >= 0.3 is 0 Å². The predicted molar refractivity (Wildman–Crippen MR) is 81.5 cm³/mol. The first-order chi connectivity index (χ1) is 9.27. The number of rotatable bonds is 10. The Morgan fingerprint density at radius 2 is 1.89 bits per heavy atom. The van der Waals surface area contributed by atoms with Gasteiger partial charge in [-0.15, -0.1) is 0 Å². The molecule has 0 radical (unpaired) electrons. The van der Waals surface area contributed by atoms with Gasteiger partial charge in [0.1, 0.15) is 0 Å². The van der Waals surface area contributed by atoms with Gasteiger partial charge in [0.25, 0.3) is 0 Å². The maximum atomic E-state index is 5.12. The maximum absolute atomic E-state index is 5.12. The van der Waals surface area contributed by atoms with Crippen LogP contribution >= 0.6 is 0 Å². The molecule has 1 N–H and O–H groups in total. The third kappa shape index (κ3) is 6.71. The van der Waals surface area contributed by atoms with E-state index in [4.69, 9.17) is 4.74 Å². The summed E-state index contributed by atoms with van der Waals surface area (Å²) in [5, 5.41) is 3.46. The summed E-state index contributed by atoms with van der Waals surface area (Å²) >= 11 is 0. The molecule has 1 rings (SSSR count). The lowest BCUT2D eigenvalue weighted by Crippen LogP contribution is -2.23. The summed E-state index contributed by atoms with van der Waals surface area (Å²) in [5.41, 5.74) is 2.88. The van der Waals surface area contributed by atoms with Crippen molar-refractivity contribution in [3.8, 4) is 0 Å². The van der Waals surface area contributed by atoms with E-state index in [2.05, 4.69) is 48.5 Å². The lowest BCUT2D eigenvalue weighted by atomic mass is 10.0. The molecule has 0 heterocycles. The van der Waals surface area contributed by atoms with Crippen molar-refractivity contribution in [3.05, 3.63) is 35.4 Å². The third-order valence-electron chi connectivity index (χ3n) is 3.23. The molecular formula is C16H28N2O. The van der Waals surface area contributed by atoms with Gasteiger partial charge in [-0.2, -0.15) is 0 Å². The lowest BCUT2D eigenvalue weighted by molar-refractivity contribution is 0.158. The average Bonchev–Trinajstić information content (AvgIpc) is 2.43. The van der Waals surface area contributed by atoms with Crippen LogP contribution in [-0.4, -0.2) is 45.3 Å². The Morgan fingerprint density at radius 1 is 1.16 bits per heavy atom. The van der Waals surface area contributed by atoms with Crippen LogP contribution in [-0.2, 0) is 17.7 Å². The van der Waals surface area contributed by atoms with E-state index < -0.39 is 0 Å². The second-order valence-electron chi connectivity index (χ2n) is 5.00. The van der Waals surface area contributed by atoms with E-state index in [0.29, 0.717) is 0 Å². The molecular weight excluding hydrogens is 236 g/mol. The normalized spacial score (nSPS) is 11.2. The number of hydrogen-bond acceptors (Lipinski definition) is 3. The fraction of sp³-hybridized carbons (Fsp3) is 0.625. The number of likely N-dealkylation sites (N-methyl/N-ethyl adjacent to an activating group) is 1. The molecule has 0 saturated carbocycles. The standard InChI is InChI=1S/C16H28N2O/c1-4-10-17-11-9-15-7-5-6-8-16(15)14-18(2)12-13-19-3/h5-8,17H,4,9-14H2,1-3H3. The van der Waals surface area contributed by atoms with Crippen LogP contribution in [0.1, 0.15) is 24.5 Å². The topological polar surface area (TPSA) is 24.5 Å². The van der Waals surface area contributed by atoms with E-state index in [1.165, 1.54) is 17.5 Å². The molecule has 1 aromatic carbocycles. The van der Waals surface area contributed by atoms with Crippen molar-refractivity contribution < 1.29 is 4.74 Å².